The van der Waals surface area contributed by atoms with Gasteiger partial charge >= 0.3 is 0 Å². The molecule has 0 saturated carbocycles. The number of halogens is 1. The van der Waals surface area contributed by atoms with Crippen molar-refractivity contribution < 1.29 is 4.74 Å². The molecule has 2 heterocycles. The van der Waals surface area contributed by atoms with Gasteiger partial charge in [0.1, 0.15) is 5.82 Å². The number of H-pyrrole nitrogens is 1. The fourth-order valence-corrected chi connectivity index (χ4v) is 3.45. The quantitative estimate of drug-likeness (QED) is 0.863. The summed E-state index contributed by atoms with van der Waals surface area (Å²) in [5.41, 5.74) is 1.48. The van der Waals surface area contributed by atoms with E-state index in [1.165, 1.54) is 0 Å². The Hall–Kier alpha value is -1.11. The molecule has 1 aromatic heterocycles. The summed E-state index contributed by atoms with van der Waals surface area (Å²) in [5, 5.41) is 0. The van der Waals surface area contributed by atoms with E-state index in [0.717, 1.165) is 20.9 Å². The van der Waals surface area contributed by atoms with Crippen LogP contribution in [0.2, 0.25) is 0 Å². The van der Waals surface area contributed by atoms with E-state index >= 15 is 0 Å². The summed E-state index contributed by atoms with van der Waals surface area (Å²) < 4.78 is 6.34. The fourth-order valence-electron chi connectivity index (χ4n) is 2.07. The van der Waals surface area contributed by atoms with Crippen LogP contribution in [-0.2, 0) is 23.5 Å². The van der Waals surface area contributed by atoms with Crippen LogP contribution in [0.4, 0.5) is 0 Å². The van der Waals surface area contributed by atoms with Gasteiger partial charge in [0, 0.05) is 15.8 Å². The maximum Gasteiger partial charge on any atom is 0.256 e. The molecule has 0 fully saturated rings. The Balaban J connectivity index is 1.78. The third-order valence-corrected chi connectivity index (χ3v) is 4.55. The van der Waals surface area contributed by atoms with Gasteiger partial charge < -0.3 is 9.72 Å². The number of aromatic nitrogens is 2. The first kappa shape index (κ1) is 13.9. The Labute approximate surface area is 129 Å². The standard InChI is InChI=1S/C14H13BrN2O2S/c15-9-2-1-3-10(6-9)20-8-13-16-12-4-5-19-7-11(12)14(18)17-13/h1-3,6H,4-5,7-8H2,(H,16,17,18). The highest BCUT2D eigenvalue weighted by Gasteiger charge is 2.15. The normalized spacial score (nSPS) is 14.1. The summed E-state index contributed by atoms with van der Waals surface area (Å²) in [7, 11) is 0. The van der Waals surface area contributed by atoms with Crippen molar-refractivity contribution in [3.63, 3.8) is 0 Å². The smallest absolute Gasteiger partial charge is 0.256 e. The summed E-state index contributed by atoms with van der Waals surface area (Å²) >= 11 is 5.10. The Morgan fingerprint density at radius 3 is 3.20 bits per heavy atom. The average Bonchev–Trinajstić information content (AvgIpc) is 2.45. The van der Waals surface area contributed by atoms with Crippen molar-refractivity contribution in [3.8, 4) is 0 Å². The number of hydrogen-bond donors (Lipinski definition) is 1. The van der Waals surface area contributed by atoms with Crippen molar-refractivity contribution >= 4 is 27.7 Å². The minimum atomic E-state index is -0.0699. The Morgan fingerprint density at radius 2 is 2.35 bits per heavy atom. The highest BCUT2D eigenvalue weighted by Crippen LogP contribution is 2.24. The Morgan fingerprint density at radius 1 is 1.45 bits per heavy atom. The minimum absolute atomic E-state index is 0.0699. The minimum Gasteiger partial charge on any atom is -0.376 e. The first-order valence-electron chi connectivity index (χ1n) is 6.29. The molecule has 20 heavy (non-hydrogen) atoms. The zero-order valence-electron chi connectivity index (χ0n) is 10.7. The van der Waals surface area contributed by atoms with Crippen molar-refractivity contribution in [3.05, 3.63) is 56.2 Å². The maximum absolute atomic E-state index is 12.0. The van der Waals surface area contributed by atoms with E-state index < -0.39 is 0 Å². The molecule has 1 aliphatic heterocycles. The molecule has 3 rings (SSSR count). The lowest BCUT2D eigenvalue weighted by Gasteiger charge is -2.15. The topological polar surface area (TPSA) is 55.0 Å². The first-order chi connectivity index (χ1) is 9.72. The molecule has 6 heteroatoms. The van der Waals surface area contributed by atoms with E-state index in [0.29, 0.717) is 31.0 Å². The molecular weight excluding hydrogens is 340 g/mol. The number of nitrogens with one attached hydrogen (secondary N) is 1. The lowest BCUT2D eigenvalue weighted by molar-refractivity contribution is 0.108. The van der Waals surface area contributed by atoms with E-state index in [9.17, 15) is 4.79 Å². The number of benzene rings is 1. The van der Waals surface area contributed by atoms with E-state index in [2.05, 4.69) is 32.0 Å². The van der Waals surface area contributed by atoms with Gasteiger partial charge in [0.25, 0.3) is 5.56 Å². The van der Waals surface area contributed by atoms with Crippen LogP contribution in [0, 0.1) is 0 Å². The van der Waals surface area contributed by atoms with Gasteiger partial charge in [-0.3, -0.25) is 4.79 Å². The molecule has 0 spiro atoms. The molecule has 0 bridgehead atoms. The monoisotopic (exact) mass is 352 g/mol. The fraction of sp³-hybridized carbons (Fsp3) is 0.286. The number of rotatable bonds is 3. The summed E-state index contributed by atoms with van der Waals surface area (Å²) in [4.78, 5) is 20.5. The van der Waals surface area contributed by atoms with Crippen LogP contribution in [-0.4, -0.2) is 16.6 Å². The predicted octanol–water partition coefficient (Wildman–Crippen LogP) is 2.90. The average molecular weight is 353 g/mol. The van der Waals surface area contributed by atoms with Gasteiger partial charge in [-0.2, -0.15) is 0 Å². The second-order valence-electron chi connectivity index (χ2n) is 4.49. The van der Waals surface area contributed by atoms with Crippen LogP contribution in [0.3, 0.4) is 0 Å². The van der Waals surface area contributed by atoms with Crippen molar-refractivity contribution in [2.75, 3.05) is 6.61 Å². The molecule has 0 amide bonds. The number of thioether (sulfide) groups is 1. The molecule has 0 aliphatic carbocycles. The highest BCUT2D eigenvalue weighted by molar-refractivity contribution is 9.10. The van der Waals surface area contributed by atoms with E-state index in [-0.39, 0.29) is 5.56 Å². The summed E-state index contributed by atoms with van der Waals surface area (Å²) in [6.07, 6.45) is 0.716. The molecule has 2 aromatic rings. The molecule has 1 N–H and O–H groups in total. The SMILES string of the molecule is O=c1[nH]c(CSc2cccc(Br)c2)nc2c1COCC2. The lowest BCUT2D eigenvalue weighted by atomic mass is 10.1. The summed E-state index contributed by atoms with van der Waals surface area (Å²) in [5.74, 6) is 1.38. The number of aromatic amines is 1. The molecule has 0 radical (unpaired) electrons. The van der Waals surface area contributed by atoms with Gasteiger partial charge in [-0.15, -0.1) is 11.8 Å². The molecule has 104 valence electrons. The van der Waals surface area contributed by atoms with Gasteiger partial charge in [0.2, 0.25) is 0 Å². The van der Waals surface area contributed by atoms with Gasteiger partial charge in [-0.05, 0) is 18.2 Å². The highest BCUT2D eigenvalue weighted by atomic mass is 79.9. The van der Waals surface area contributed by atoms with Crippen LogP contribution < -0.4 is 5.56 Å². The number of hydrogen-bond acceptors (Lipinski definition) is 4. The molecule has 0 unspecified atom stereocenters. The van der Waals surface area contributed by atoms with Gasteiger partial charge in [-0.25, -0.2) is 4.98 Å². The van der Waals surface area contributed by atoms with Crippen LogP contribution in [0.1, 0.15) is 17.1 Å². The predicted molar refractivity (Wildman–Crippen MR) is 81.9 cm³/mol. The van der Waals surface area contributed by atoms with Crippen molar-refractivity contribution in [1.29, 1.82) is 0 Å². The third kappa shape index (κ3) is 3.13. The van der Waals surface area contributed by atoms with Gasteiger partial charge in [-0.1, -0.05) is 22.0 Å². The van der Waals surface area contributed by atoms with Crippen molar-refractivity contribution in [2.24, 2.45) is 0 Å². The van der Waals surface area contributed by atoms with E-state index in [4.69, 9.17) is 4.74 Å². The van der Waals surface area contributed by atoms with Gasteiger partial charge in [0.05, 0.1) is 30.2 Å². The number of ether oxygens (including phenoxy) is 1. The third-order valence-electron chi connectivity index (χ3n) is 3.05. The Kier molecular flexibility index (Phi) is 4.24. The van der Waals surface area contributed by atoms with Crippen molar-refractivity contribution in [2.45, 2.75) is 23.7 Å². The first-order valence-corrected chi connectivity index (χ1v) is 8.07. The largest absolute Gasteiger partial charge is 0.376 e. The van der Waals surface area contributed by atoms with E-state index in [1.807, 2.05) is 18.2 Å². The molecule has 0 saturated heterocycles. The number of fused-ring (bicyclic) bond motifs is 1. The van der Waals surface area contributed by atoms with Crippen LogP contribution in [0.25, 0.3) is 0 Å². The molecule has 4 nitrogen and oxygen atoms in total. The van der Waals surface area contributed by atoms with Crippen molar-refractivity contribution in [1.82, 2.24) is 9.97 Å². The molecule has 0 atom stereocenters. The number of nitrogens with zero attached hydrogens (tertiary/aromatic N) is 1. The summed E-state index contributed by atoms with van der Waals surface area (Å²) in [6.45, 7) is 1.01. The molecular formula is C14H13BrN2O2S. The Bertz CT molecular complexity index is 687. The van der Waals surface area contributed by atoms with Gasteiger partial charge in [0.15, 0.2) is 0 Å². The second kappa shape index (κ2) is 6.11. The lowest BCUT2D eigenvalue weighted by Crippen LogP contribution is -2.25. The van der Waals surface area contributed by atoms with Crippen LogP contribution >= 0.6 is 27.7 Å². The maximum atomic E-state index is 12.0. The molecule has 1 aliphatic rings. The van der Waals surface area contributed by atoms with Crippen LogP contribution in [0.5, 0.6) is 0 Å². The zero-order chi connectivity index (χ0) is 13.9. The van der Waals surface area contributed by atoms with Crippen LogP contribution in [0.15, 0.2) is 38.4 Å². The zero-order valence-corrected chi connectivity index (χ0v) is 13.1. The molecule has 1 aromatic carbocycles. The van der Waals surface area contributed by atoms with E-state index in [1.54, 1.807) is 11.8 Å². The second-order valence-corrected chi connectivity index (χ2v) is 6.45. The summed E-state index contributed by atoms with van der Waals surface area (Å²) in [6, 6.07) is 8.07.